The molecule has 1 amide bonds. The lowest BCUT2D eigenvalue weighted by Gasteiger charge is -2.22. The molecule has 2 aromatic rings. The molecule has 1 aromatic heterocycles. The number of hydrogen-bond acceptors (Lipinski definition) is 4. The second kappa shape index (κ2) is 10.8. The van der Waals surface area contributed by atoms with Crippen molar-refractivity contribution in [2.45, 2.75) is 51.9 Å². The summed E-state index contributed by atoms with van der Waals surface area (Å²) in [5, 5.41) is 8.70. The summed E-state index contributed by atoms with van der Waals surface area (Å²) < 4.78 is 0. The van der Waals surface area contributed by atoms with Crippen molar-refractivity contribution < 1.29 is 4.79 Å². The van der Waals surface area contributed by atoms with Gasteiger partial charge in [-0.2, -0.15) is 5.26 Å². The summed E-state index contributed by atoms with van der Waals surface area (Å²) in [5.74, 6) is 1.07. The molecule has 4 rings (SSSR count). The van der Waals surface area contributed by atoms with Crippen molar-refractivity contribution in [3.05, 3.63) is 58.8 Å². The highest BCUT2D eigenvalue weighted by molar-refractivity contribution is 5.78. The first kappa shape index (κ1) is 21.8. The molecule has 2 heterocycles. The van der Waals surface area contributed by atoms with Gasteiger partial charge >= 0.3 is 0 Å². The van der Waals surface area contributed by atoms with Gasteiger partial charge in [-0.15, -0.1) is 0 Å². The quantitative estimate of drug-likeness (QED) is 0.726. The maximum atomic E-state index is 11.5. The Morgan fingerprint density at radius 3 is 2.70 bits per heavy atom. The van der Waals surface area contributed by atoms with Crippen molar-refractivity contribution in [2.75, 3.05) is 31.6 Å². The van der Waals surface area contributed by atoms with Gasteiger partial charge in [0.15, 0.2) is 0 Å². The Kier molecular flexibility index (Phi) is 7.84. The molecule has 0 spiro atoms. The maximum Gasteiger partial charge on any atom is 0.222 e. The van der Waals surface area contributed by atoms with E-state index in [1.165, 1.54) is 32.1 Å². The van der Waals surface area contributed by atoms with Crippen molar-refractivity contribution in [2.24, 2.45) is 0 Å². The molecule has 1 aromatic carbocycles. The number of benzene rings is 1. The summed E-state index contributed by atoms with van der Waals surface area (Å²) in [6.07, 6.45) is 9.76. The zero-order chi connectivity index (χ0) is 21.3. The highest BCUT2D eigenvalue weighted by Gasteiger charge is 2.20. The topological polar surface area (TPSA) is 60.2 Å². The number of rotatable bonds is 6. The Balaban J connectivity index is 0.000000184. The molecule has 1 fully saturated rings. The van der Waals surface area contributed by atoms with E-state index >= 15 is 0 Å². The van der Waals surface area contributed by atoms with E-state index in [2.05, 4.69) is 30.1 Å². The lowest BCUT2D eigenvalue weighted by atomic mass is 10.0. The molecular weight excluding hydrogens is 372 g/mol. The normalized spacial score (nSPS) is 14.7. The van der Waals surface area contributed by atoms with Crippen LogP contribution in [0.4, 0.5) is 5.82 Å². The SMILES string of the molecule is CCCc1cccc2c1CCC2.CN(CCN1CCCC1=O)c1ccc(C#N)cn1. The number of carbonyl (C=O) groups excluding carboxylic acids is 1. The third-order valence-corrected chi connectivity index (χ3v) is 5.91. The first-order valence-electron chi connectivity index (χ1n) is 11.1. The molecule has 158 valence electrons. The molecule has 5 heteroatoms. The molecule has 1 aliphatic carbocycles. The monoisotopic (exact) mass is 404 g/mol. The van der Waals surface area contributed by atoms with E-state index < -0.39 is 0 Å². The number of aryl methyl sites for hydroxylation is 2. The summed E-state index contributed by atoms with van der Waals surface area (Å²) >= 11 is 0. The smallest absolute Gasteiger partial charge is 0.222 e. The average Bonchev–Trinajstić information content (AvgIpc) is 3.42. The van der Waals surface area contributed by atoms with Crippen LogP contribution in [0.5, 0.6) is 0 Å². The molecule has 0 bridgehead atoms. The zero-order valence-electron chi connectivity index (χ0n) is 18.2. The van der Waals surface area contributed by atoms with E-state index in [1.54, 1.807) is 29.0 Å². The third-order valence-electron chi connectivity index (χ3n) is 5.91. The van der Waals surface area contributed by atoms with Gasteiger partial charge in [0.25, 0.3) is 0 Å². The number of nitrogens with zero attached hydrogens (tertiary/aromatic N) is 4. The second-order valence-electron chi connectivity index (χ2n) is 8.08. The zero-order valence-corrected chi connectivity index (χ0v) is 18.2. The number of pyridine rings is 1. The van der Waals surface area contributed by atoms with Crippen molar-refractivity contribution in [3.63, 3.8) is 0 Å². The lowest BCUT2D eigenvalue weighted by molar-refractivity contribution is -0.127. The van der Waals surface area contributed by atoms with E-state index in [-0.39, 0.29) is 5.91 Å². The first-order valence-corrected chi connectivity index (χ1v) is 11.1. The largest absolute Gasteiger partial charge is 0.358 e. The minimum absolute atomic E-state index is 0.246. The summed E-state index contributed by atoms with van der Waals surface area (Å²) in [4.78, 5) is 19.6. The van der Waals surface area contributed by atoms with E-state index in [9.17, 15) is 4.79 Å². The molecule has 1 saturated heterocycles. The molecule has 0 N–H and O–H groups in total. The minimum atomic E-state index is 0.246. The highest BCUT2D eigenvalue weighted by atomic mass is 16.2. The Hall–Kier alpha value is -2.87. The summed E-state index contributed by atoms with van der Waals surface area (Å²) in [6.45, 7) is 4.61. The van der Waals surface area contributed by atoms with Gasteiger partial charge in [-0.3, -0.25) is 4.79 Å². The Labute approximate surface area is 180 Å². The van der Waals surface area contributed by atoms with Crippen LogP contribution in [0.2, 0.25) is 0 Å². The number of hydrogen-bond donors (Lipinski definition) is 0. The van der Waals surface area contributed by atoms with Gasteiger partial charge in [0.2, 0.25) is 5.91 Å². The van der Waals surface area contributed by atoms with Gasteiger partial charge in [0.1, 0.15) is 11.9 Å². The van der Waals surface area contributed by atoms with E-state index in [0.717, 1.165) is 31.9 Å². The summed E-state index contributed by atoms with van der Waals surface area (Å²) in [5.41, 5.74) is 5.44. The van der Waals surface area contributed by atoms with Gasteiger partial charge in [0.05, 0.1) is 5.56 Å². The van der Waals surface area contributed by atoms with Crippen LogP contribution < -0.4 is 4.90 Å². The van der Waals surface area contributed by atoms with Gasteiger partial charge in [0, 0.05) is 39.3 Å². The van der Waals surface area contributed by atoms with Crippen LogP contribution in [0.3, 0.4) is 0 Å². The number of likely N-dealkylation sites (N-methyl/N-ethyl adjacent to an activating group) is 1. The number of carbonyl (C=O) groups is 1. The van der Waals surface area contributed by atoms with E-state index in [4.69, 9.17) is 5.26 Å². The predicted molar refractivity (Wildman–Crippen MR) is 120 cm³/mol. The van der Waals surface area contributed by atoms with E-state index in [0.29, 0.717) is 12.0 Å². The van der Waals surface area contributed by atoms with Gasteiger partial charge in [-0.25, -0.2) is 4.98 Å². The van der Waals surface area contributed by atoms with Gasteiger partial charge < -0.3 is 9.80 Å². The molecular formula is C25H32N4O. The summed E-state index contributed by atoms with van der Waals surface area (Å²) in [6, 6.07) is 12.4. The molecule has 1 aliphatic heterocycles. The van der Waals surface area contributed by atoms with Crippen LogP contribution in [0.1, 0.15) is 54.9 Å². The van der Waals surface area contributed by atoms with Crippen LogP contribution in [-0.2, 0) is 24.1 Å². The Morgan fingerprint density at radius 1 is 1.17 bits per heavy atom. The number of aromatic nitrogens is 1. The van der Waals surface area contributed by atoms with Crippen LogP contribution in [0.25, 0.3) is 0 Å². The Bertz CT molecular complexity index is 885. The first-order chi connectivity index (χ1) is 14.6. The molecule has 0 unspecified atom stereocenters. The molecule has 0 radical (unpaired) electrons. The molecule has 0 saturated carbocycles. The lowest BCUT2D eigenvalue weighted by Crippen LogP contribution is -2.34. The van der Waals surface area contributed by atoms with Gasteiger partial charge in [-0.05, 0) is 60.9 Å². The third kappa shape index (κ3) is 5.60. The molecule has 2 aliphatic rings. The van der Waals surface area contributed by atoms with Gasteiger partial charge in [-0.1, -0.05) is 31.5 Å². The average molecular weight is 405 g/mol. The Morgan fingerprint density at radius 2 is 2.03 bits per heavy atom. The van der Waals surface area contributed by atoms with E-state index in [1.807, 2.05) is 29.0 Å². The molecule has 0 atom stereocenters. The maximum absolute atomic E-state index is 11.5. The summed E-state index contributed by atoms with van der Waals surface area (Å²) in [7, 11) is 1.94. The number of anilines is 1. The number of amides is 1. The standard InChI is InChI=1S/C13H16N4O.C12H16/c1-16(7-8-17-6-2-3-13(17)18)12-5-4-11(9-14)10-15-12;1-2-5-10-6-3-7-11-8-4-9-12(10)11/h4-5,10H,2-3,6-8H2,1H3;3,6-7H,2,4-5,8-9H2,1H3. The number of nitriles is 1. The fourth-order valence-corrected chi connectivity index (χ4v) is 4.21. The fraction of sp³-hybridized carbons (Fsp3) is 0.480. The van der Waals surface area contributed by atoms with Crippen LogP contribution in [-0.4, -0.2) is 42.5 Å². The highest BCUT2D eigenvalue weighted by Crippen LogP contribution is 2.25. The predicted octanol–water partition coefficient (Wildman–Crippen LogP) is 4.14. The molecule has 30 heavy (non-hydrogen) atoms. The van der Waals surface area contributed by atoms with Crippen molar-refractivity contribution in [1.29, 1.82) is 5.26 Å². The van der Waals surface area contributed by atoms with Crippen molar-refractivity contribution in [1.82, 2.24) is 9.88 Å². The minimum Gasteiger partial charge on any atom is -0.358 e. The van der Waals surface area contributed by atoms with Crippen molar-refractivity contribution >= 4 is 11.7 Å². The van der Waals surface area contributed by atoms with Crippen LogP contribution in [0.15, 0.2) is 36.5 Å². The van der Waals surface area contributed by atoms with Crippen LogP contribution >= 0.6 is 0 Å². The fourth-order valence-electron chi connectivity index (χ4n) is 4.21. The number of likely N-dealkylation sites (tertiary alicyclic amines) is 1. The number of fused-ring (bicyclic) bond motifs is 1. The molecule has 5 nitrogen and oxygen atoms in total. The second-order valence-corrected chi connectivity index (χ2v) is 8.08. The van der Waals surface area contributed by atoms with Crippen molar-refractivity contribution in [3.8, 4) is 6.07 Å². The van der Waals surface area contributed by atoms with Crippen LogP contribution in [0, 0.1) is 11.3 Å².